The molecule has 1 atom stereocenters. The highest BCUT2D eigenvalue weighted by atomic mass is 16.3. The summed E-state index contributed by atoms with van der Waals surface area (Å²) >= 11 is 0. The number of ketones is 1. The molecule has 4 aromatic rings. The average Bonchev–Trinajstić information content (AvgIpc) is 3.47. The minimum Gasteiger partial charge on any atom is -0.384 e. The minimum absolute atomic E-state index is 0.233. The third kappa shape index (κ3) is 4.32. The number of rotatable bonds is 7. The van der Waals surface area contributed by atoms with E-state index in [9.17, 15) is 14.7 Å². The Morgan fingerprint density at radius 1 is 1.05 bits per heavy atom. The van der Waals surface area contributed by atoms with Crippen molar-refractivity contribution >= 4 is 34.1 Å². The molecule has 4 heterocycles. The Bertz CT molecular complexity index is 1760. The van der Waals surface area contributed by atoms with Gasteiger partial charge in [-0.05, 0) is 73.4 Å². The maximum Gasteiger partial charge on any atom is 0.278 e. The molecule has 0 bridgehead atoms. The van der Waals surface area contributed by atoms with Crippen LogP contribution in [0.4, 0.5) is 17.3 Å². The Balaban J connectivity index is 1.17. The highest BCUT2D eigenvalue weighted by Gasteiger charge is 2.45. The SMILES string of the molecule is C=CCn1c(=O)c2cnc(Nc3ccc(N4CCC5(CC4)CC(=O)C5)cc3)nc2n1-c1ccc2c(n1)[C@@](O)(CC)CC2. The molecule has 216 valence electrons. The lowest BCUT2D eigenvalue weighted by molar-refractivity contribution is -0.133. The van der Waals surface area contributed by atoms with Crippen molar-refractivity contribution in [3.05, 3.63) is 76.9 Å². The van der Waals surface area contributed by atoms with Crippen molar-refractivity contribution in [3.8, 4) is 5.82 Å². The molecule has 2 aliphatic carbocycles. The fourth-order valence-electron chi connectivity index (χ4n) is 6.88. The van der Waals surface area contributed by atoms with Crippen molar-refractivity contribution in [2.45, 2.75) is 64.0 Å². The number of Topliss-reactive ketones (excluding diaryl/α,β-unsaturated/α-hetero) is 1. The van der Waals surface area contributed by atoms with E-state index in [0.717, 1.165) is 62.1 Å². The number of aryl methyl sites for hydroxylation is 1. The number of aromatic nitrogens is 5. The van der Waals surface area contributed by atoms with Gasteiger partial charge in [0.2, 0.25) is 5.95 Å². The number of nitrogens with one attached hydrogen (secondary N) is 1. The first-order chi connectivity index (χ1) is 20.3. The van der Waals surface area contributed by atoms with E-state index in [2.05, 4.69) is 33.9 Å². The van der Waals surface area contributed by atoms with Crippen LogP contribution in [0.3, 0.4) is 0 Å². The molecule has 2 N–H and O–H groups in total. The lowest BCUT2D eigenvalue weighted by Gasteiger charge is -2.47. The van der Waals surface area contributed by atoms with Gasteiger partial charge >= 0.3 is 0 Å². The molecule has 1 aliphatic heterocycles. The topological polar surface area (TPSA) is 118 Å². The number of aliphatic hydroxyl groups is 1. The van der Waals surface area contributed by atoms with Crippen molar-refractivity contribution in [1.82, 2.24) is 24.3 Å². The van der Waals surface area contributed by atoms with Crippen LogP contribution >= 0.6 is 0 Å². The molecule has 1 spiro atoms. The van der Waals surface area contributed by atoms with Crippen molar-refractivity contribution < 1.29 is 9.90 Å². The van der Waals surface area contributed by atoms with E-state index in [1.807, 2.05) is 31.2 Å². The summed E-state index contributed by atoms with van der Waals surface area (Å²) in [4.78, 5) is 41.3. The van der Waals surface area contributed by atoms with Crippen molar-refractivity contribution in [2.75, 3.05) is 23.3 Å². The van der Waals surface area contributed by atoms with Gasteiger partial charge in [0.1, 0.15) is 16.8 Å². The van der Waals surface area contributed by atoms with Gasteiger partial charge in [0.25, 0.3) is 5.56 Å². The van der Waals surface area contributed by atoms with E-state index in [0.29, 0.717) is 47.1 Å². The maximum atomic E-state index is 13.4. The summed E-state index contributed by atoms with van der Waals surface area (Å²) in [6.07, 6.45) is 8.81. The number of piperidine rings is 1. The van der Waals surface area contributed by atoms with E-state index in [4.69, 9.17) is 9.97 Å². The van der Waals surface area contributed by atoms with Crippen LogP contribution in [0, 0.1) is 5.41 Å². The predicted molar refractivity (Wildman–Crippen MR) is 161 cm³/mol. The molecule has 7 rings (SSSR count). The number of allylic oxidation sites excluding steroid dienone is 1. The zero-order valence-electron chi connectivity index (χ0n) is 23.8. The maximum absolute atomic E-state index is 13.4. The number of fused-ring (bicyclic) bond motifs is 2. The van der Waals surface area contributed by atoms with Crippen LogP contribution in [0.2, 0.25) is 0 Å². The number of pyridine rings is 1. The molecule has 1 saturated carbocycles. The largest absolute Gasteiger partial charge is 0.384 e. The Hall–Kier alpha value is -4.31. The summed E-state index contributed by atoms with van der Waals surface area (Å²) in [5.41, 5.74) is 3.16. The fraction of sp³-hybridized carbons (Fsp3) is 0.406. The second-order valence-electron chi connectivity index (χ2n) is 12.0. The molecule has 1 aromatic carbocycles. The summed E-state index contributed by atoms with van der Waals surface area (Å²) in [5.74, 6) is 1.28. The number of nitrogens with zero attached hydrogens (tertiary/aromatic N) is 6. The normalized spacial score (nSPS) is 21.0. The molecular formula is C32H35N7O3. The van der Waals surface area contributed by atoms with Gasteiger partial charge in [-0.25, -0.2) is 19.3 Å². The van der Waals surface area contributed by atoms with E-state index < -0.39 is 5.60 Å². The van der Waals surface area contributed by atoms with E-state index in [-0.39, 0.29) is 17.5 Å². The van der Waals surface area contributed by atoms with Gasteiger partial charge in [0, 0.05) is 43.5 Å². The Morgan fingerprint density at radius 2 is 1.81 bits per heavy atom. The Morgan fingerprint density at radius 3 is 2.50 bits per heavy atom. The smallest absolute Gasteiger partial charge is 0.278 e. The van der Waals surface area contributed by atoms with E-state index >= 15 is 0 Å². The molecule has 0 unspecified atom stereocenters. The lowest BCUT2D eigenvalue weighted by atomic mass is 9.62. The quantitative estimate of drug-likeness (QED) is 0.317. The summed E-state index contributed by atoms with van der Waals surface area (Å²) in [6.45, 7) is 7.98. The third-order valence-electron chi connectivity index (χ3n) is 9.45. The Labute approximate surface area is 243 Å². The van der Waals surface area contributed by atoms with E-state index in [1.54, 1.807) is 21.6 Å². The first-order valence-corrected chi connectivity index (χ1v) is 14.8. The molecule has 1 saturated heterocycles. The fourth-order valence-corrected chi connectivity index (χ4v) is 6.88. The first-order valence-electron chi connectivity index (χ1n) is 14.8. The number of hydrogen-bond donors (Lipinski definition) is 2. The summed E-state index contributed by atoms with van der Waals surface area (Å²) in [6, 6.07) is 12.0. The average molecular weight is 566 g/mol. The van der Waals surface area contributed by atoms with Gasteiger partial charge in [-0.3, -0.25) is 9.59 Å². The molecule has 2 fully saturated rings. The highest BCUT2D eigenvalue weighted by molar-refractivity contribution is 5.86. The van der Waals surface area contributed by atoms with Crippen LogP contribution in [0.25, 0.3) is 16.9 Å². The number of anilines is 3. The lowest BCUT2D eigenvalue weighted by Crippen LogP contribution is -2.47. The number of hydrogen-bond acceptors (Lipinski definition) is 8. The van der Waals surface area contributed by atoms with Crippen molar-refractivity contribution in [3.63, 3.8) is 0 Å². The number of carbonyl (C=O) groups excluding carboxylic acids is 1. The molecule has 10 heteroatoms. The van der Waals surface area contributed by atoms with Crippen LogP contribution in [0.1, 0.15) is 56.7 Å². The standard InChI is InChI=1S/C32H35N7O3/c1-3-15-38-29(41)25-20-33-30(36-28(25)39(38)26-10-5-21-11-12-32(42,4-2)27(21)35-26)34-22-6-8-23(9-7-22)37-16-13-31(14-17-37)18-24(40)19-31/h3,5-10,20,42H,1,4,11-19H2,2H3,(H,33,34,36)/t32-/m1/s1. The van der Waals surface area contributed by atoms with Gasteiger partial charge in [0.15, 0.2) is 11.5 Å². The van der Waals surface area contributed by atoms with Crippen LogP contribution in [0.5, 0.6) is 0 Å². The molecule has 0 amide bonds. The zero-order chi connectivity index (χ0) is 29.1. The summed E-state index contributed by atoms with van der Waals surface area (Å²) < 4.78 is 3.24. The van der Waals surface area contributed by atoms with E-state index in [1.165, 1.54) is 0 Å². The van der Waals surface area contributed by atoms with Crippen LogP contribution in [0.15, 0.2) is 60.0 Å². The van der Waals surface area contributed by atoms with Crippen molar-refractivity contribution in [1.29, 1.82) is 0 Å². The van der Waals surface area contributed by atoms with Gasteiger partial charge in [0.05, 0.1) is 12.2 Å². The monoisotopic (exact) mass is 565 g/mol. The predicted octanol–water partition coefficient (Wildman–Crippen LogP) is 4.40. The molecule has 42 heavy (non-hydrogen) atoms. The molecule has 3 aromatic heterocycles. The minimum atomic E-state index is -0.975. The first kappa shape index (κ1) is 26.6. The number of benzene rings is 1. The van der Waals surface area contributed by atoms with Crippen LogP contribution < -0.4 is 15.8 Å². The number of carbonyl (C=O) groups is 1. The summed E-state index contributed by atoms with van der Waals surface area (Å²) in [5, 5.41) is 14.8. The van der Waals surface area contributed by atoms with Gasteiger partial charge in [-0.1, -0.05) is 19.1 Å². The second kappa shape index (κ2) is 9.90. The van der Waals surface area contributed by atoms with Crippen molar-refractivity contribution in [2.24, 2.45) is 5.41 Å². The van der Waals surface area contributed by atoms with Gasteiger partial charge in [-0.15, -0.1) is 6.58 Å². The van der Waals surface area contributed by atoms with Crippen LogP contribution in [-0.2, 0) is 23.4 Å². The van der Waals surface area contributed by atoms with Gasteiger partial charge in [-0.2, -0.15) is 4.98 Å². The second-order valence-corrected chi connectivity index (χ2v) is 12.0. The molecule has 3 aliphatic rings. The van der Waals surface area contributed by atoms with Gasteiger partial charge < -0.3 is 15.3 Å². The summed E-state index contributed by atoms with van der Waals surface area (Å²) in [7, 11) is 0. The Kier molecular flexibility index (Phi) is 6.27. The molecule has 0 radical (unpaired) electrons. The molecular weight excluding hydrogens is 530 g/mol. The highest BCUT2D eigenvalue weighted by Crippen LogP contribution is 2.47. The third-order valence-corrected chi connectivity index (χ3v) is 9.45. The molecule has 10 nitrogen and oxygen atoms in total. The zero-order valence-corrected chi connectivity index (χ0v) is 23.8. The van der Waals surface area contributed by atoms with Crippen LogP contribution in [-0.4, -0.2) is 48.3 Å².